The summed E-state index contributed by atoms with van der Waals surface area (Å²) < 4.78 is 11.2. The average molecular weight is 473 g/mol. The highest BCUT2D eigenvalue weighted by atomic mass is 79.9. The lowest BCUT2D eigenvalue weighted by atomic mass is 9.90. The fraction of sp³-hybridized carbons (Fsp3) is 0.190. The van der Waals surface area contributed by atoms with Gasteiger partial charge in [0.15, 0.2) is 4.67 Å². The van der Waals surface area contributed by atoms with Crippen LogP contribution in [0.3, 0.4) is 0 Å². The minimum Gasteiger partial charge on any atom is -0.478 e. The first-order valence-electron chi connectivity index (χ1n) is 9.06. The summed E-state index contributed by atoms with van der Waals surface area (Å²) in [7, 11) is 1.25. The van der Waals surface area contributed by atoms with Crippen molar-refractivity contribution in [1.29, 1.82) is 0 Å². The summed E-state index contributed by atoms with van der Waals surface area (Å²) in [5.41, 5.74) is 2.44. The van der Waals surface area contributed by atoms with Crippen molar-refractivity contribution < 1.29 is 28.6 Å². The minimum absolute atomic E-state index is 0.219. The second-order valence-electron chi connectivity index (χ2n) is 6.77. The van der Waals surface area contributed by atoms with E-state index in [-0.39, 0.29) is 6.42 Å². The van der Waals surface area contributed by atoms with Crippen LogP contribution in [0.25, 0.3) is 10.9 Å². The van der Waals surface area contributed by atoms with Crippen LogP contribution in [0.15, 0.2) is 57.6 Å². The summed E-state index contributed by atoms with van der Waals surface area (Å²) in [6, 6.07) is 9.29. The number of nitrogens with one attached hydrogen (secondary N) is 1. The molecule has 0 spiro atoms. The van der Waals surface area contributed by atoms with Crippen LogP contribution in [0.2, 0.25) is 0 Å². The number of fused-ring (bicyclic) bond motifs is 3. The fourth-order valence-corrected chi connectivity index (χ4v) is 4.20. The first-order chi connectivity index (χ1) is 14.4. The van der Waals surface area contributed by atoms with Crippen LogP contribution in [0.1, 0.15) is 23.1 Å². The number of methoxy groups -OCH3 is 1. The number of carbonyl (C=O) groups is 3. The van der Waals surface area contributed by atoms with Crippen molar-refractivity contribution in [3.05, 3.63) is 70.2 Å². The van der Waals surface area contributed by atoms with Gasteiger partial charge in [-0.05, 0) is 39.7 Å². The summed E-state index contributed by atoms with van der Waals surface area (Å²) in [4.78, 5) is 41.3. The first-order valence-corrected chi connectivity index (χ1v) is 9.86. The molecule has 8 nitrogen and oxygen atoms in total. The van der Waals surface area contributed by atoms with Crippen molar-refractivity contribution in [1.82, 2.24) is 9.88 Å². The number of para-hydroxylation sites is 1. The smallest absolute Gasteiger partial charge is 0.328 e. The van der Waals surface area contributed by atoms with Gasteiger partial charge in [-0.1, -0.05) is 18.2 Å². The molecule has 2 aromatic heterocycles. The number of esters is 1. The maximum Gasteiger partial charge on any atom is 0.328 e. The fourth-order valence-electron chi connectivity index (χ4n) is 3.88. The minimum atomic E-state index is -1.27. The molecule has 3 heterocycles. The van der Waals surface area contributed by atoms with E-state index in [2.05, 4.69) is 20.9 Å². The zero-order valence-electron chi connectivity index (χ0n) is 15.8. The molecule has 0 fully saturated rings. The monoisotopic (exact) mass is 472 g/mol. The van der Waals surface area contributed by atoms with E-state index in [4.69, 9.17) is 14.3 Å². The van der Waals surface area contributed by atoms with E-state index < -0.39 is 29.9 Å². The molecule has 0 radical (unpaired) electrons. The number of hydrogen-bond acceptors (Lipinski definition) is 5. The Morgan fingerprint density at radius 3 is 2.67 bits per heavy atom. The van der Waals surface area contributed by atoms with Crippen molar-refractivity contribution in [2.75, 3.05) is 7.11 Å². The SMILES string of the molecule is COC(=O)[C@@H]1Cc2c([nH]c3ccccc23)[C@H](c2ccc(Br)o2)N1C(=O)/C=C/C(=O)O. The number of H-pyrrole nitrogens is 1. The Labute approximate surface area is 179 Å². The van der Waals surface area contributed by atoms with Crippen LogP contribution < -0.4 is 0 Å². The van der Waals surface area contributed by atoms with E-state index >= 15 is 0 Å². The van der Waals surface area contributed by atoms with Gasteiger partial charge in [0.05, 0.1) is 12.8 Å². The molecule has 0 saturated carbocycles. The number of carboxylic acid groups (broad SMARTS) is 1. The Morgan fingerprint density at radius 1 is 1.23 bits per heavy atom. The molecule has 0 aliphatic carbocycles. The first kappa shape index (κ1) is 20.0. The average Bonchev–Trinajstić information content (AvgIpc) is 3.33. The second kappa shape index (κ2) is 7.83. The summed E-state index contributed by atoms with van der Waals surface area (Å²) in [5.74, 6) is -2.09. The zero-order valence-corrected chi connectivity index (χ0v) is 17.4. The number of aromatic amines is 1. The molecule has 9 heteroatoms. The Bertz CT molecular complexity index is 1180. The van der Waals surface area contributed by atoms with Gasteiger partial charge in [0, 0.05) is 29.5 Å². The number of rotatable bonds is 4. The van der Waals surface area contributed by atoms with Crippen LogP contribution in [0.4, 0.5) is 0 Å². The molecule has 1 aliphatic rings. The van der Waals surface area contributed by atoms with Crippen molar-refractivity contribution in [3.63, 3.8) is 0 Å². The van der Waals surface area contributed by atoms with Gasteiger partial charge in [0.1, 0.15) is 17.8 Å². The van der Waals surface area contributed by atoms with E-state index in [0.29, 0.717) is 16.1 Å². The van der Waals surface area contributed by atoms with Gasteiger partial charge in [-0.15, -0.1) is 0 Å². The van der Waals surface area contributed by atoms with E-state index in [0.717, 1.165) is 28.6 Å². The molecule has 1 amide bonds. The van der Waals surface area contributed by atoms with Gasteiger partial charge in [0.2, 0.25) is 5.91 Å². The van der Waals surface area contributed by atoms with Crippen molar-refractivity contribution >= 4 is 44.7 Å². The van der Waals surface area contributed by atoms with Crippen LogP contribution in [-0.4, -0.2) is 46.0 Å². The summed E-state index contributed by atoms with van der Waals surface area (Å²) in [6.45, 7) is 0. The molecule has 1 aliphatic heterocycles. The van der Waals surface area contributed by atoms with Gasteiger partial charge in [-0.2, -0.15) is 0 Å². The molecule has 3 aromatic rings. The quantitative estimate of drug-likeness (QED) is 0.445. The lowest BCUT2D eigenvalue weighted by molar-refractivity contribution is -0.153. The number of amides is 1. The molecule has 0 bridgehead atoms. The van der Waals surface area contributed by atoms with Crippen LogP contribution in [0, 0.1) is 0 Å². The molecule has 4 rings (SSSR count). The summed E-state index contributed by atoms with van der Waals surface area (Å²) in [5, 5.41) is 9.88. The van der Waals surface area contributed by atoms with Crippen LogP contribution >= 0.6 is 15.9 Å². The molecule has 0 unspecified atom stereocenters. The standard InChI is InChI=1S/C21H17BrN2O6/c1-29-21(28)14-10-12-11-4-2-3-5-13(11)23-19(12)20(15-6-7-16(22)30-15)24(14)17(25)8-9-18(26)27/h2-9,14,20,23H,10H2,1H3,(H,26,27)/b9-8+/t14-,20-/m0/s1. The van der Waals surface area contributed by atoms with Crippen molar-refractivity contribution in [2.24, 2.45) is 0 Å². The highest BCUT2D eigenvalue weighted by molar-refractivity contribution is 9.10. The maximum atomic E-state index is 13.0. The van der Waals surface area contributed by atoms with Crippen LogP contribution in [-0.2, 0) is 25.5 Å². The predicted octanol–water partition coefficient (Wildman–Crippen LogP) is 3.18. The number of ether oxygens (including phenoxy) is 1. The molecule has 154 valence electrons. The highest BCUT2D eigenvalue weighted by Crippen LogP contribution is 2.42. The highest BCUT2D eigenvalue weighted by Gasteiger charge is 2.44. The van der Waals surface area contributed by atoms with Gasteiger partial charge < -0.3 is 24.1 Å². The molecule has 2 N–H and O–H groups in total. The Kier molecular flexibility index (Phi) is 5.21. The number of carbonyl (C=O) groups excluding carboxylic acids is 2. The van der Waals surface area contributed by atoms with E-state index in [1.165, 1.54) is 12.0 Å². The Morgan fingerprint density at radius 2 is 2.00 bits per heavy atom. The third kappa shape index (κ3) is 3.41. The summed E-state index contributed by atoms with van der Waals surface area (Å²) in [6.07, 6.45) is 1.89. The third-order valence-corrected chi connectivity index (χ3v) is 5.52. The lowest BCUT2D eigenvalue weighted by Gasteiger charge is -2.39. The number of aromatic nitrogens is 1. The Hall–Kier alpha value is -3.33. The second-order valence-corrected chi connectivity index (χ2v) is 7.55. The largest absolute Gasteiger partial charge is 0.478 e. The normalized spacial score (nSPS) is 18.5. The lowest BCUT2D eigenvalue weighted by Crippen LogP contribution is -2.51. The van der Waals surface area contributed by atoms with Gasteiger partial charge in [-0.3, -0.25) is 4.79 Å². The van der Waals surface area contributed by atoms with Crippen molar-refractivity contribution in [3.8, 4) is 0 Å². The number of halogens is 1. The predicted molar refractivity (Wildman–Crippen MR) is 110 cm³/mol. The maximum absolute atomic E-state index is 13.0. The number of nitrogens with zero attached hydrogens (tertiary/aromatic N) is 1. The third-order valence-electron chi connectivity index (χ3n) is 5.09. The topological polar surface area (TPSA) is 113 Å². The van der Waals surface area contributed by atoms with E-state index in [9.17, 15) is 14.4 Å². The number of aliphatic carboxylic acids is 1. The Balaban J connectivity index is 1.95. The molecular formula is C21H17BrN2O6. The van der Waals surface area contributed by atoms with Gasteiger partial charge in [0.25, 0.3) is 0 Å². The number of hydrogen-bond donors (Lipinski definition) is 2. The molecule has 2 atom stereocenters. The number of carboxylic acids is 1. The van der Waals surface area contributed by atoms with Crippen molar-refractivity contribution in [2.45, 2.75) is 18.5 Å². The molecule has 0 saturated heterocycles. The number of furan rings is 1. The number of benzene rings is 1. The van der Waals surface area contributed by atoms with Gasteiger partial charge >= 0.3 is 11.9 Å². The molecule has 30 heavy (non-hydrogen) atoms. The summed E-state index contributed by atoms with van der Waals surface area (Å²) >= 11 is 3.27. The zero-order chi connectivity index (χ0) is 21.4. The van der Waals surface area contributed by atoms with E-state index in [1.54, 1.807) is 12.1 Å². The molecular weight excluding hydrogens is 456 g/mol. The van der Waals surface area contributed by atoms with Crippen LogP contribution in [0.5, 0.6) is 0 Å². The molecule has 1 aromatic carbocycles. The van der Waals surface area contributed by atoms with Gasteiger partial charge in [-0.25, -0.2) is 9.59 Å². The van der Waals surface area contributed by atoms with E-state index in [1.807, 2.05) is 24.3 Å².